The van der Waals surface area contributed by atoms with Crippen molar-refractivity contribution < 1.29 is 22.5 Å². The number of hydrogen-bond acceptors (Lipinski definition) is 5. The molecule has 224 valence electrons. The van der Waals surface area contributed by atoms with Crippen molar-refractivity contribution in [2.24, 2.45) is 46.3 Å². The molecule has 5 rings (SSSR count). The largest absolute Gasteiger partial charge is 0.390 e. The number of hydrogen-bond donors (Lipinski definition) is 1. The molecule has 0 aliphatic heterocycles. The van der Waals surface area contributed by atoms with Crippen molar-refractivity contribution in [2.45, 2.75) is 129 Å². The molecular weight excluding hydrogens is 520 g/mol. The van der Waals surface area contributed by atoms with Gasteiger partial charge in [0.1, 0.15) is 5.78 Å². The predicted octanol–water partition coefficient (Wildman–Crippen LogP) is 7.48. The van der Waals surface area contributed by atoms with Crippen LogP contribution in [0.5, 0.6) is 0 Å². The molecule has 0 radical (unpaired) electrons. The highest BCUT2D eigenvalue weighted by atomic mass is 32.2. The van der Waals surface area contributed by atoms with Crippen LogP contribution < -0.4 is 0 Å². The predicted molar refractivity (Wildman–Crippen MR) is 158 cm³/mol. The van der Waals surface area contributed by atoms with Gasteiger partial charge < -0.3 is 5.11 Å². The summed E-state index contributed by atoms with van der Waals surface area (Å²) in [6.07, 6.45) is 10.3. The topological polar surface area (TPSA) is 80.7 Å². The Morgan fingerprint density at radius 3 is 2.35 bits per heavy atom. The minimum absolute atomic E-state index is 0.0643. The second kappa shape index (κ2) is 10.8. The van der Waals surface area contributed by atoms with Gasteiger partial charge in [-0.2, -0.15) is 8.42 Å². The van der Waals surface area contributed by atoms with Gasteiger partial charge in [0.15, 0.2) is 0 Å². The molecule has 4 saturated carbocycles. The van der Waals surface area contributed by atoms with Crippen LogP contribution in [-0.4, -0.2) is 31.0 Å². The van der Waals surface area contributed by atoms with Crippen molar-refractivity contribution in [3.05, 3.63) is 29.8 Å². The van der Waals surface area contributed by atoms with Gasteiger partial charge in [0.2, 0.25) is 0 Å². The van der Waals surface area contributed by atoms with Crippen LogP contribution in [0, 0.1) is 53.3 Å². The van der Waals surface area contributed by atoms with Gasteiger partial charge in [-0.1, -0.05) is 51.3 Å². The SMILES string of the molecule is Cc1ccc(S(=O)(=O)O[C@H]2CC[C@@]3(C)[C@H](C2)C(=O)C[C@@H]2[C@@H]3CC[C@]3(C)[C@@H]([C@H](C)CCCC(C)(C)O)CC[C@@H]23)cc1. The third kappa shape index (κ3) is 5.58. The molecule has 9 atom stereocenters. The number of benzene rings is 1. The lowest BCUT2D eigenvalue weighted by Gasteiger charge is -2.60. The number of ketones is 1. The van der Waals surface area contributed by atoms with E-state index in [0.29, 0.717) is 60.1 Å². The van der Waals surface area contributed by atoms with Crippen molar-refractivity contribution in [3.63, 3.8) is 0 Å². The van der Waals surface area contributed by atoms with Crippen molar-refractivity contribution in [1.29, 1.82) is 0 Å². The summed E-state index contributed by atoms with van der Waals surface area (Å²) in [5.74, 6) is 3.16. The summed E-state index contributed by atoms with van der Waals surface area (Å²) in [5, 5.41) is 10.2. The molecular formula is C34H52O5S. The monoisotopic (exact) mass is 572 g/mol. The Labute approximate surface area is 243 Å². The molecule has 1 aromatic rings. The molecule has 0 bridgehead atoms. The number of carbonyl (C=O) groups is 1. The fourth-order valence-electron chi connectivity index (χ4n) is 10.1. The van der Waals surface area contributed by atoms with Crippen molar-refractivity contribution in [2.75, 3.05) is 0 Å². The average Bonchev–Trinajstić information content (AvgIpc) is 3.22. The highest BCUT2D eigenvalue weighted by Crippen LogP contribution is 2.68. The van der Waals surface area contributed by atoms with Gasteiger partial charge >= 0.3 is 0 Å². The maximum Gasteiger partial charge on any atom is 0.297 e. The van der Waals surface area contributed by atoms with Crippen LogP contribution in [0.25, 0.3) is 0 Å². The Bertz CT molecular complexity index is 1180. The van der Waals surface area contributed by atoms with E-state index in [1.54, 1.807) is 24.3 Å². The van der Waals surface area contributed by atoms with Crippen LogP contribution in [0.15, 0.2) is 29.2 Å². The van der Waals surface area contributed by atoms with E-state index >= 15 is 0 Å². The first-order chi connectivity index (χ1) is 18.6. The zero-order valence-corrected chi connectivity index (χ0v) is 26.4. The summed E-state index contributed by atoms with van der Waals surface area (Å²) in [6, 6.07) is 6.80. The number of carbonyl (C=O) groups excluding carboxylic acids is 1. The molecule has 0 spiro atoms. The summed E-state index contributed by atoms with van der Waals surface area (Å²) in [6.45, 7) is 13.0. The lowest BCUT2D eigenvalue weighted by molar-refractivity contribution is -0.159. The first-order valence-electron chi connectivity index (χ1n) is 15.9. The molecule has 6 heteroatoms. The van der Waals surface area contributed by atoms with E-state index in [0.717, 1.165) is 31.2 Å². The second-order valence-corrected chi connectivity index (χ2v) is 16.8. The fraction of sp³-hybridized carbons (Fsp3) is 0.794. The maximum absolute atomic E-state index is 13.8. The number of aryl methyl sites for hydroxylation is 1. The van der Waals surface area contributed by atoms with Gasteiger partial charge in [-0.25, -0.2) is 0 Å². The Balaban J connectivity index is 1.27. The molecule has 0 unspecified atom stereocenters. The average molecular weight is 573 g/mol. The van der Waals surface area contributed by atoms with E-state index in [1.165, 1.54) is 25.7 Å². The van der Waals surface area contributed by atoms with E-state index in [9.17, 15) is 18.3 Å². The zero-order valence-electron chi connectivity index (χ0n) is 25.6. The Morgan fingerprint density at radius 2 is 1.68 bits per heavy atom. The number of aliphatic hydroxyl groups is 1. The Kier molecular flexibility index (Phi) is 8.15. The van der Waals surface area contributed by atoms with Crippen molar-refractivity contribution in [1.82, 2.24) is 0 Å². The van der Waals surface area contributed by atoms with Crippen LogP contribution in [0.4, 0.5) is 0 Å². The standard InChI is InChI=1S/C34H52O5S/c1-22-9-11-25(12-10-22)40(37,38)39-24-15-18-34(6)29-16-19-33(5)27(23(2)8-7-17-32(3,4)36)13-14-28(33)26(29)21-31(35)30(34)20-24/h9-12,23-24,26-30,36H,7-8,13-21H2,1-6H3/t23-,24+,26+,27-,28+,29+,30-,33-,34-/m1/s1. The summed E-state index contributed by atoms with van der Waals surface area (Å²) < 4.78 is 31.8. The molecule has 0 saturated heterocycles. The summed E-state index contributed by atoms with van der Waals surface area (Å²) >= 11 is 0. The Hall–Kier alpha value is -1.24. The van der Waals surface area contributed by atoms with E-state index in [1.807, 2.05) is 20.8 Å². The van der Waals surface area contributed by atoms with Gasteiger partial charge in [-0.3, -0.25) is 8.98 Å². The van der Waals surface area contributed by atoms with Crippen LogP contribution in [0.2, 0.25) is 0 Å². The van der Waals surface area contributed by atoms with Gasteiger partial charge in [-0.15, -0.1) is 0 Å². The molecule has 0 aromatic heterocycles. The second-order valence-electron chi connectivity index (χ2n) is 15.3. The summed E-state index contributed by atoms with van der Waals surface area (Å²) in [4.78, 5) is 14.0. The summed E-state index contributed by atoms with van der Waals surface area (Å²) in [7, 11) is -3.85. The summed E-state index contributed by atoms with van der Waals surface area (Å²) in [5.41, 5.74) is 0.641. The zero-order chi connectivity index (χ0) is 29.1. The molecule has 4 fully saturated rings. The fourth-order valence-corrected chi connectivity index (χ4v) is 11.2. The van der Waals surface area contributed by atoms with E-state index in [2.05, 4.69) is 20.8 Å². The number of rotatable bonds is 8. The Morgan fingerprint density at radius 1 is 1.02 bits per heavy atom. The normalized spacial score (nSPS) is 38.8. The highest BCUT2D eigenvalue weighted by Gasteiger charge is 2.62. The lowest BCUT2D eigenvalue weighted by atomic mass is 9.44. The van der Waals surface area contributed by atoms with Crippen LogP contribution in [-0.2, 0) is 19.1 Å². The minimum Gasteiger partial charge on any atom is -0.390 e. The minimum atomic E-state index is -3.85. The molecule has 0 heterocycles. The van der Waals surface area contributed by atoms with E-state index < -0.39 is 21.8 Å². The highest BCUT2D eigenvalue weighted by molar-refractivity contribution is 7.86. The molecule has 1 aromatic carbocycles. The number of Topliss-reactive ketones (excluding diaryl/α,β-unsaturated/α-hetero) is 1. The van der Waals surface area contributed by atoms with Gasteiger partial charge in [-0.05, 0) is 125 Å². The first kappa shape index (κ1) is 30.2. The smallest absolute Gasteiger partial charge is 0.297 e. The molecule has 0 amide bonds. The third-order valence-corrected chi connectivity index (χ3v) is 13.6. The van der Waals surface area contributed by atoms with E-state index in [-0.39, 0.29) is 16.2 Å². The quantitative estimate of drug-likeness (QED) is 0.327. The van der Waals surface area contributed by atoms with Gasteiger partial charge in [0.25, 0.3) is 10.1 Å². The number of fused-ring (bicyclic) bond motifs is 5. The van der Waals surface area contributed by atoms with Crippen LogP contribution >= 0.6 is 0 Å². The molecule has 4 aliphatic carbocycles. The molecule has 4 aliphatic rings. The van der Waals surface area contributed by atoms with Gasteiger partial charge in [0.05, 0.1) is 16.6 Å². The molecule has 1 N–H and O–H groups in total. The maximum atomic E-state index is 13.8. The third-order valence-electron chi connectivity index (χ3n) is 12.2. The first-order valence-corrected chi connectivity index (χ1v) is 17.3. The molecule has 5 nitrogen and oxygen atoms in total. The van der Waals surface area contributed by atoms with Gasteiger partial charge in [0, 0.05) is 12.3 Å². The van der Waals surface area contributed by atoms with Crippen LogP contribution in [0.1, 0.15) is 111 Å². The van der Waals surface area contributed by atoms with Crippen molar-refractivity contribution in [3.8, 4) is 0 Å². The van der Waals surface area contributed by atoms with Crippen molar-refractivity contribution >= 4 is 15.9 Å². The lowest BCUT2D eigenvalue weighted by Crippen LogP contribution is -2.57. The molecule has 40 heavy (non-hydrogen) atoms. The van der Waals surface area contributed by atoms with Crippen LogP contribution in [0.3, 0.4) is 0 Å². The van der Waals surface area contributed by atoms with E-state index in [4.69, 9.17) is 4.18 Å².